The monoisotopic (exact) mass is 1080 g/mol. The molecule has 0 bridgehead atoms. The number of nitrogens with one attached hydrogen (secondary N) is 5. The van der Waals surface area contributed by atoms with Gasteiger partial charge in [0.15, 0.2) is 0 Å². The molecule has 0 radical (unpaired) electrons. The van der Waals surface area contributed by atoms with Crippen LogP contribution in [0.4, 0.5) is 0 Å². The zero-order chi connectivity index (χ0) is 55.3. The fraction of sp³-hybridized carbons (Fsp3) is 0.953. The van der Waals surface area contributed by atoms with Crippen LogP contribution < -0.4 is 32.3 Å². The van der Waals surface area contributed by atoms with E-state index in [4.69, 9.17) is 15.2 Å². The Hall–Kier alpha value is -1.83. The molecule has 76 heavy (non-hydrogen) atoms. The fourth-order valence-corrected chi connectivity index (χ4v) is 10.2. The van der Waals surface area contributed by atoms with E-state index in [1.54, 1.807) is 0 Å². The summed E-state index contributed by atoms with van der Waals surface area (Å²) in [5.41, 5.74) is 5.47. The minimum absolute atomic E-state index is 0.000322. The molecule has 0 aliphatic rings. The number of rotatable bonds is 64. The highest BCUT2D eigenvalue weighted by Crippen LogP contribution is 2.21. The third kappa shape index (κ3) is 58.3. The van der Waals surface area contributed by atoms with Crippen molar-refractivity contribution in [2.45, 2.75) is 328 Å². The smallest absolute Gasteiger partial charge is 0.306 e. The van der Waals surface area contributed by atoms with Crippen LogP contribution in [0.15, 0.2) is 0 Å². The maximum absolute atomic E-state index is 12.9. The van der Waals surface area contributed by atoms with E-state index in [1.807, 2.05) is 0 Å². The van der Waals surface area contributed by atoms with Crippen molar-refractivity contribution >= 4 is 17.8 Å². The molecule has 12 nitrogen and oxygen atoms in total. The van der Waals surface area contributed by atoms with Crippen molar-refractivity contribution in [3.63, 3.8) is 0 Å². The highest BCUT2D eigenvalue weighted by Gasteiger charge is 2.16. The Morgan fingerprint density at radius 1 is 0.342 bits per heavy atom. The number of aliphatic hydroxyl groups excluding tert-OH is 1. The van der Waals surface area contributed by atoms with Crippen molar-refractivity contribution in [3.8, 4) is 0 Å². The lowest BCUT2D eigenvalue weighted by atomic mass is 10.0. The number of nitrogens with two attached hydrogens (primary N) is 1. The average molecular weight is 1080 g/mol. The van der Waals surface area contributed by atoms with Crippen LogP contribution in [0.3, 0.4) is 0 Å². The number of aliphatic hydroxyl groups is 1. The second-order valence-corrected chi connectivity index (χ2v) is 22.7. The zero-order valence-corrected chi connectivity index (χ0v) is 50.7. The first-order chi connectivity index (χ1) is 37.4. The van der Waals surface area contributed by atoms with Gasteiger partial charge in [-0.05, 0) is 83.5 Å². The third-order valence-corrected chi connectivity index (χ3v) is 15.1. The molecule has 3 atom stereocenters. The van der Waals surface area contributed by atoms with Crippen molar-refractivity contribution in [2.24, 2.45) is 5.73 Å². The van der Waals surface area contributed by atoms with Crippen molar-refractivity contribution < 1.29 is 29.0 Å². The third-order valence-electron chi connectivity index (χ3n) is 15.1. The van der Waals surface area contributed by atoms with Crippen LogP contribution in [-0.4, -0.2) is 107 Å². The first-order valence-electron chi connectivity index (χ1n) is 33.2. The topological polar surface area (TPSA) is 176 Å². The summed E-state index contributed by atoms with van der Waals surface area (Å²) >= 11 is 0. The zero-order valence-electron chi connectivity index (χ0n) is 50.7. The van der Waals surface area contributed by atoms with E-state index >= 15 is 0 Å². The molecule has 12 heteroatoms. The molecule has 0 heterocycles. The fourth-order valence-electron chi connectivity index (χ4n) is 10.2. The van der Waals surface area contributed by atoms with E-state index in [2.05, 4.69) is 47.4 Å². The molecule has 0 spiro atoms. The number of ether oxygens (including phenoxy) is 2. The largest absolute Gasteiger partial charge is 0.462 e. The number of esters is 2. The molecule has 452 valence electrons. The highest BCUT2D eigenvalue weighted by molar-refractivity contribution is 5.75. The Morgan fingerprint density at radius 3 is 0.934 bits per heavy atom. The SMILES string of the molecule is CCCCCCC(O)CCCCCCCCCCC(=O)OC(CCCCCC)CCCCCCCCCCC(=O)OC(CCCCCC)CCCCCCCCCCC(=O)NCCNCCNCCNCCNCCN. The van der Waals surface area contributed by atoms with Gasteiger partial charge in [0.2, 0.25) is 5.91 Å². The van der Waals surface area contributed by atoms with Crippen LogP contribution in [0.25, 0.3) is 0 Å². The van der Waals surface area contributed by atoms with Gasteiger partial charge in [-0.2, -0.15) is 0 Å². The Labute approximate surface area is 470 Å². The minimum Gasteiger partial charge on any atom is -0.462 e. The summed E-state index contributed by atoms with van der Waals surface area (Å²) < 4.78 is 12.2. The Morgan fingerprint density at radius 2 is 0.605 bits per heavy atom. The minimum atomic E-state index is -0.104. The van der Waals surface area contributed by atoms with Gasteiger partial charge >= 0.3 is 11.9 Å². The molecule has 0 aliphatic carbocycles. The molecule has 0 fully saturated rings. The van der Waals surface area contributed by atoms with Gasteiger partial charge in [-0.25, -0.2) is 0 Å². The highest BCUT2D eigenvalue weighted by atomic mass is 16.5. The molecule has 0 aromatic heterocycles. The Bertz CT molecular complexity index is 1200. The lowest BCUT2D eigenvalue weighted by molar-refractivity contribution is -0.151. The van der Waals surface area contributed by atoms with Gasteiger partial charge in [0, 0.05) is 84.7 Å². The predicted octanol–water partition coefficient (Wildman–Crippen LogP) is 14.2. The molecule has 1 amide bonds. The Balaban J connectivity index is 4.03. The standard InChI is InChI=1S/C64H130N6O6/c1-4-7-10-31-40-59(71)41-32-25-19-13-17-23-29-38-47-63(73)76-61(43-34-12-9-6-3)45-36-27-21-15-18-24-30-39-48-64(74)75-60(42-33-11-8-5-2)44-35-26-20-14-16-22-28-37-46-62(72)70-58-57-69-56-55-68-54-53-67-52-51-66-50-49-65/h59-61,66-69,71H,4-58,65H2,1-3H3,(H,70,72). The van der Waals surface area contributed by atoms with Crippen molar-refractivity contribution in [1.82, 2.24) is 26.6 Å². The molecular formula is C64H130N6O6. The summed E-state index contributed by atoms with van der Waals surface area (Å²) in [5.74, 6) is 0.171. The van der Waals surface area contributed by atoms with Crippen molar-refractivity contribution in [1.29, 1.82) is 0 Å². The molecule has 0 saturated heterocycles. The number of unbranched alkanes of at least 4 members (excludes halogenated alkanes) is 30. The second kappa shape index (κ2) is 62.4. The quantitative estimate of drug-likeness (QED) is 0.0228. The lowest BCUT2D eigenvalue weighted by Gasteiger charge is -2.18. The van der Waals surface area contributed by atoms with E-state index in [9.17, 15) is 19.5 Å². The van der Waals surface area contributed by atoms with E-state index in [0.29, 0.717) is 32.4 Å². The average Bonchev–Trinajstić information content (AvgIpc) is 3.41. The number of carbonyl (C=O) groups excluding carboxylic acids is 3. The summed E-state index contributed by atoms with van der Waals surface area (Å²) in [6.07, 6.45) is 50.2. The van der Waals surface area contributed by atoms with Crippen LogP contribution in [0.2, 0.25) is 0 Å². The second-order valence-electron chi connectivity index (χ2n) is 22.7. The van der Waals surface area contributed by atoms with E-state index < -0.39 is 0 Å². The van der Waals surface area contributed by atoms with Crippen LogP contribution in [0.5, 0.6) is 0 Å². The summed E-state index contributed by atoms with van der Waals surface area (Å²) in [5, 5.41) is 26.7. The van der Waals surface area contributed by atoms with Crippen molar-refractivity contribution in [3.05, 3.63) is 0 Å². The molecule has 0 saturated carbocycles. The van der Waals surface area contributed by atoms with E-state index in [1.165, 1.54) is 161 Å². The molecule has 0 rings (SSSR count). The van der Waals surface area contributed by atoms with Crippen molar-refractivity contribution in [2.75, 3.05) is 65.4 Å². The molecule has 8 N–H and O–H groups in total. The normalized spacial score (nSPS) is 12.8. The number of hydrogen-bond donors (Lipinski definition) is 7. The molecule has 0 aromatic carbocycles. The van der Waals surface area contributed by atoms with E-state index in [0.717, 1.165) is 162 Å². The first kappa shape index (κ1) is 74.2. The summed E-state index contributed by atoms with van der Waals surface area (Å²) in [6.45, 7) is 15.3. The summed E-state index contributed by atoms with van der Waals surface area (Å²) in [4.78, 5) is 38.0. The van der Waals surface area contributed by atoms with Gasteiger partial charge < -0.3 is 46.9 Å². The lowest BCUT2D eigenvalue weighted by Crippen LogP contribution is -2.37. The van der Waals surface area contributed by atoms with Gasteiger partial charge in [-0.3, -0.25) is 14.4 Å². The van der Waals surface area contributed by atoms with Gasteiger partial charge in [0.25, 0.3) is 0 Å². The predicted molar refractivity (Wildman–Crippen MR) is 324 cm³/mol. The van der Waals surface area contributed by atoms with Gasteiger partial charge in [-0.15, -0.1) is 0 Å². The molecule has 0 aliphatic heterocycles. The van der Waals surface area contributed by atoms with Crippen LogP contribution in [-0.2, 0) is 23.9 Å². The van der Waals surface area contributed by atoms with Gasteiger partial charge in [0.05, 0.1) is 6.10 Å². The maximum Gasteiger partial charge on any atom is 0.306 e. The number of hydrogen-bond acceptors (Lipinski definition) is 11. The van der Waals surface area contributed by atoms with Crippen LogP contribution in [0.1, 0.15) is 310 Å². The molecular weight excluding hydrogens is 949 g/mol. The Kier molecular flexibility index (Phi) is 60.9. The molecule has 0 aromatic rings. The number of amides is 1. The van der Waals surface area contributed by atoms with Crippen LogP contribution in [0, 0.1) is 0 Å². The first-order valence-corrected chi connectivity index (χ1v) is 33.2. The van der Waals surface area contributed by atoms with Gasteiger partial charge in [0.1, 0.15) is 12.2 Å². The molecule has 3 unspecified atom stereocenters. The maximum atomic E-state index is 12.9. The summed E-state index contributed by atoms with van der Waals surface area (Å²) in [6, 6.07) is 0. The number of carbonyl (C=O) groups is 3. The summed E-state index contributed by atoms with van der Waals surface area (Å²) in [7, 11) is 0. The van der Waals surface area contributed by atoms with Crippen LogP contribution >= 0.6 is 0 Å². The van der Waals surface area contributed by atoms with E-state index in [-0.39, 0.29) is 36.2 Å². The van der Waals surface area contributed by atoms with Gasteiger partial charge in [-0.1, -0.05) is 207 Å².